The maximum absolute atomic E-state index is 12.5. The highest BCUT2D eigenvalue weighted by Gasteiger charge is 2.24. The average Bonchev–Trinajstić information content (AvgIpc) is 3.35. The quantitative estimate of drug-likeness (QED) is 0.622. The summed E-state index contributed by atoms with van der Waals surface area (Å²) >= 11 is 0. The number of carbonyl (C=O) groups excluding carboxylic acids is 2. The van der Waals surface area contributed by atoms with E-state index in [1.54, 1.807) is 44.4 Å². The van der Waals surface area contributed by atoms with Crippen molar-refractivity contribution in [2.45, 2.75) is 26.5 Å². The third kappa shape index (κ3) is 3.76. The summed E-state index contributed by atoms with van der Waals surface area (Å²) in [6.45, 7) is 3.72. The smallest absolute Gasteiger partial charge is 0.375 e. The van der Waals surface area contributed by atoms with Crippen LogP contribution in [0, 0.1) is 6.92 Å². The molecule has 1 amide bonds. The Kier molecular flexibility index (Phi) is 5.22. The van der Waals surface area contributed by atoms with E-state index in [-0.39, 0.29) is 19.1 Å². The van der Waals surface area contributed by atoms with Crippen molar-refractivity contribution in [3.8, 4) is 17.2 Å². The lowest BCUT2D eigenvalue weighted by molar-refractivity contribution is -0.129. The third-order valence-electron chi connectivity index (χ3n) is 4.89. The molecule has 30 heavy (non-hydrogen) atoms. The SMILES string of the molecule is COc1ccc2oc(C(=O)O[C@@H](C)C(=O)NCc3ccc4c(c3)OCO4)c(C)c2c1. The number of aryl methyl sites for hydroxylation is 1. The second kappa shape index (κ2) is 7.98. The largest absolute Gasteiger partial charge is 0.497 e. The van der Waals surface area contributed by atoms with E-state index in [1.165, 1.54) is 6.92 Å². The molecule has 0 aliphatic carbocycles. The molecule has 0 bridgehead atoms. The molecule has 3 aromatic rings. The second-order valence-electron chi connectivity index (χ2n) is 6.87. The van der Waals surface area contributed by atoms with E-state index in [4.69, 9.17) is 23.4 Å². The van der Waals surface area contributed by atoms with Gasteiger partial charge in [0.1, 0.15) is 11.3 Å². The van der Waals surface area contributed by atoms with Crippen molar-refractivity contribution in [3.05, 3.63) is 53.3 Å². The third-order valence-corrected chi connectivity index (χ3v) is 4.89. The predicted octanol–water partition coefficient (Wildman–Crippen LogP) is 3.34. The van der Waals surface area contributed by atoms with Crippen molar-refractivity contribution < 1.29 is 33.0 Å². The van der Waals surface area contributed by atoms with Crippen molar-refractivity contribution in [2.24, 2.45) is 0 Å². The molecule has 2 heterocycles. The minimum atomic E-state index is -0.992. The van der Waals surface area contributed by atoms with Crippen LogP contribution in [0.3, 0.4) is 0 Å². The van der Waals surface area contributed by atoms with Gasteiger partial charge in [-0.1, -0.05) is 6.07 Å². The van der Waals surface area contributed by atoms with Gasteiger partial charge in [0.2, 0.25) is 12.6 Å². The van der Waals surface area contributed by atoms with Gasteiger partial charge in [0.05, 0.1) is 7.11 Å². The monoisotopic (exact) mass is 411 g/mol. The first kappa shape index (κ1) is 19.6. The van der Waals surface area contributed by atoms with Gasteiger partial charge in [-0.05, 0) is 49.7 Å². The molecule has 1 aliphatic heterocycles. The number of esters is 1. The van der Waals surface area contributed by atoms with Crippen LogP contribution in [-0.4, -0.2) is 31.9 Å². The Morgan fingerprint density at radius 1 is 1.13 bits per heavy atom. The molecule has 0 spiro atoms. The number of hydrogen-bond acceptors (Lipinski definition) is 7. The molecule has 0 fully saturated rings. The highest BCUT2D eigenvalue weighted by Crippen LogP contribution is 2.32. The van der Waals surface area contributed by atoms with E-state index in [0.29, 0.717) is 28.4 Å². The Balaban J connectivity index is 1.38. The number of methoxy groups -OCH3 is 1. The minimum Gasteiger partial charge on any atom is -0.497 e. The number of nitrogens with one attached hydrogen (secondary N) is 1. The summed E-state index contributed by atoms with van der Waals surface area (Å²) in [6.07, 6.45) is -0.992. The molecule has 4 rings (SSSR count). The lowest BCUT2D eigenvalue weighted by Crippen LogP contribution is -2.35. The first-order valence-electron chi connectivity index (χ1n) is 9.40. The van der Waals surface area contributed by atoms with Crippen LogP contribution >= 0.6 is 0 Å². The zero-order valence-corrected chi connectivity index (χ0v) is 16.8. The Hall–Kier alpha value is -3.68. The number of amides is 1. The van der Waals surface area contributed by atoms with Crippen LogP contribution in [0.5, 0.6) is 17.2 Å². The number of benzene rings is 2. The summed E-state index contributed by atoms with van der Waals surface area (Å²) in [6, 6.07) is 10.7. The number of furan rings is 1. The summed E-state index contributed by atoms with van der Waals surface area (Å²) in [5, 5.41) is 3.49. The van der Waals surface area contributed by atoms with Gasteiger partial charge in [0.25, 0.3) is 5.91 Å². The molecule has 2 aromatic carbocycles. The molecular weight excluding hydrogens is 390 g/mol. The van der Waals surface area contributed by atoms with Crippen LogP contribution in [0.15, 0.2) is 40.8 Å². The molecule has 156 valence electrons. The van der Waals surface area contributed by atoms with Crippen LogP contribution in [0.1, 0.15) is 28.6 Å². The summed E-state index contributed by atoms with van der Waals surface area (Å²) in [4.78, 5) is 24.9. The number of hydrogen-bond donors (Lipinski definition) is 1. The molecule has 8 heteroatoms. The van der Waals surface area contributed by atoms with Gasteiger partial charge in [-0.3, -0.25) is 4.79 Å². The van der Waals surface area contributed by atoms with Gasteiger partial charge in [-0.25, -0.2) is 4.79 Å². The Bertz CT molecular complexity index is 1120. The Morgan fingerprint density at radius 2 is 1.93 bits per heavy atom. The van der Waals surface area contributed by atoms with Gasteiger partial charge in [-0.15, -0.1) is 0 Å². The molecule has 1 N–H and O–H groups in total. The zero-order valence-electron chi connectivity index (χ0n) is 16.8. The fraction of sp³-hybridized carbons (Fsp3) is 0.273. The average molecular weight is 411 g/mol. The summed E-state index contributed by atoms with van der Waals surface area (Å²) in [5.74, 6) is 0.908. The zero-order chi connectivity index (χ0) is 21.3. The number of rotatable bonds is 6. The van der Waals surface area contributed by atoms with Gasteiger partial charge in [0.15, 0.2) is 17.6 Å². The normalized spacial score (nSPS) is 13.2. The van der Waals surface area contributed by atoms with Crippen molar-refractivity contribution >= 4 is 22.8 Å². The van der Waals surface area contributed by atoms with Crippen molar-refractivity contribution in [1.29, 1.82) is 0 Å². The van der Waals surface area contributed by atoms with E-state index in [2.05, 4.69) is 5.32 Å². The van der Waals surface area contributed by atoms with Crippen molar-refractivity contribution in [3.63, 3.8) is 0 Å². The lowest BCUT2D eigenvalue weighted by Gasteiger charge is -2.13. The van der Waals surface area contributed by atoms with E-state index >= 15 is 0 Å². The van der Waals surface area contributed by atoms with Gasteiger partial charge in [0, 0.05) is 17.5 Å². The van der Waals surface area contributed by atoms with E-state index < -0.39 is 18.0 Å². The molecule has 1 aliphatic rings. The van der Waals surface area contributed by atoms with Crippen LogP contribution in [-0.2, 0) is 16.1 Å². The maximum atomic E-state index is 12.5. The minimum absolute atomic E-state index is 0.0636. The lowest BCUT2D eigenvalue weighted by atomic mass is 10.1. The Morgan fingerprint density at radius 3 is 2.73 bits per heavy atom. The van der Waals surface area contributed by atoms with Crippen molar-refractivity contribution in [1.82, 2.24) is 5.32 Å². The fourth-order valence-corrected chi connectivity index (χ4v) is 3.17. The molecule has 0 unspecified atom stereocenters. The number of fused-ring (bicyclic) bond motifs is 2. The van der Waals surface area contributed by atoms with E-state index in [9.17, 15) is 9.59 Å². The highest BCUT2D eigenvalue weighted by atomic mass is 16.7. The van der Waals surface area contributed by atoms with Gasteiger partial charge < -0.3 is 28.7 Å². The standard InChI is InChI=1S/C22H21NO7/c1-12-16-9-15(26-3)5-7-17(16)30-20(12)22(25)29-13(2)21(24)23-10-14-4-6-18-19(8-14)28-11-27-18/h4-9,13H,10-11H2,1-3H3,(H,23,24)/t13-/m0/s1. The molecular formula is C22H21NO7. The molecule has 0 radical (unpaired) electrons. The molecule has 8 nitrogen and oxygen atoms in total. The van der Waals surface area contributed by atoms with Crippen LogP contribution in [0.4, 0.5) is 0 Å². The second-order valence-corrected chi connectivity index (χ2v) is 6.87. The first-order chi connectivity index (χ1) is 14.5. The fourth-order valence-electron chi connectivity index (χ4n) is 3.17. The molecule has 1 aromatic heterocycles. The highest BCUT2D eigenvalue weighted by molar-refractivity contribution is 5.97. The number of ether oxygens (including phenoxy) is 4. The molecule has 0 saturated carbocycles. The first-order valence-corrected chi connectivity index (χ1v) is 9.40. The van der Waals surface area contributed by atoms with Gasteiger partial charge >= 0.3 is 5.97 Å². The summed E-state index contributed by atoms with van der Waals surface area (Å²) in [5.41, 5.74) is 2.01. The van der Waals surface area contributed by atoms with E-state index in [0.717, 1.165) is 10.9 Å². The topological polar surface area (TPSA) is 96.2 Å². The van der Waals surface area contributed by atoms with Gasteiger partial charge in [-0.2, -0.15) is 0 Å². The van der Waals surface area contributed by atoms with Crippen LogP contribution in [0.25, 0.3) is 11.0 Å². The summed E-state index contributed by atoms with van der Waals surface area (Å²) < 4.78 is 26.7. The summed E-state index contributed by atoms with van der Waals surface area (Å²) in [7, 11) is 1.57. The van der Waals surface area contributed by atoms with E-state index in [1.807, 2.05) is 6.07 Å². The molecule has 1 atom stereocenters. The molecule has 0 saturated heterocycles. The van der Waals surface area contributed by atoms with Crippen LogP contribution < -0.4 is 19.5 Å². The van der Waals surface area contributed by atoms with Crippen molar-refractivity contribution in [2.75, 3.05) is 13.9 Å². The van der Waals surface area contributed by atoms with Crippen LogP contribution in [0.2, 0.25) is 0 Å². The maximum Gasteiger partial charge on any atom is 0.375 e. The number of carbonyl (C=O) groups is 2. The predicted molar refractivity (Wildman–Crippen MR) is 107 cm³/mol. The Labute approximate surface area is 172 Å².